The maximum absolute atomic E-state index is 12.1. The van der Waals surface area contributed by atoms with Gasteiger partial charge in [0.05, 0.1) is 21.3 Å². The molecule has 3 rings (SSSR count). The second kappa shape index (κ2) is 12.4. The smallest absolute Gasteiger partial charge is 0.226 e. The third-order valence-corrected chi connectivity index (χ3v) is 4.95. The van der Waals surface area contributed by atoms with Crippen LogP contribution in [0, 0.1) is 0 Å². The topological polar surface area (TPSA) is 125 Å². The van der Waals surface area contributed by atoms with Gasteiger partial charge in [-0.05, 0) is 42.8 Å². The molecule has 1 aromatic heterocycles. The number of aliphatic hydroxyl groups is 1. The van der Waals surface area contributed by atoms with E-state index in [4.69, 9.17) is 23.5 Å². The largest absolute Gasteiger partial charge is 0.497 e. The zero-order valence-corrected chi connectivity index (χ0v) is 19.4. The quantitative estimate of drug-likeness (QED) is 0.387. The number of carbonyl (C=O) groups excluding carboxylic acids is 1. The average Bonchev–Trinajstić information content (AvgIpc) is 3.34. The number of nitrogens with zero attached hydrogens (tertiary/aromatic N) is 2. The number of methoxy groups -OCH3 is 3. The van der Waals surface area contributed by atoms with Gasteiger partial charge in [0.15, 0.2) is 11.5 Å². The molecule has 0 aliphatic rings. The zero-order valence-electron chi connectivity index (χ0n) is 19.4. The van der Waals surface area contributed by atoms with E-state index >= 15 is 0 Å². The second-order valence-corrected chi connectivity index (χ2v) is 7.35. The normalized spacial score (nSPS) is 11.5. The van der Waals surface area contributed by atoms with Gasteiger partial charge in [0.2, 0.25) is 23.4 Å². The van der Waals surface area contributed by atoms with Crippen LogP contribution in [0.3, 0.4) is 0 Å². The molecule has 1 unspecified atom stereocenters. The lowest BCUT2D eigenvalue weighted by atomic mass is 10.2. The standard InChI is InChI=1S/C24H29N3O7/c1-30-18-12-10-16(11-13-18)24-26-22(34-27-24)9-5-8-21(29)25-14-17(28)15-33-23-19(31-2)6-4-7-20(23)32-3/h4,6-7,10-13,17,28H,5,8-9,14-15H2,1-3H3,(H,25,29). The van der Waals surface area contributed by atoms with E-state index in [0.29, 0.717) is 41.8 Å². The molecule has 2 N–H and O–H groups in total. The van der Waals surface area contributed by atoms with Gasteiger partial charge in [-0.2, -0.15) is 4.98 Å². The number of aryl methyl sites for hydroxylation is 1. The lowest BCUT2D eigenvalue weighted by molar-refractivity contribution is -0.121. The summed E-state index contributed by atoms with van der Waals surface area (Å²) in [6.07, 6.45) is 0.354. The van der Waals surface area contributed by atoms with Crippen LogP contribution >= 0.6 is 0 Å². The number of aliphatic hydroxyl groups excluding tert-OH is 1. The zero-order chi connectivity index (χ0) is 24.3. The number of para-hydroxylation sites is 1. The Bertz CT molecular complexity index is 1030. The van der Waals surface area contributed by atoms with Gasteiger partial charge < -0.3 is 33.9 Å². The van der Waals surface area contributed by atoms with E-state index in [2.05, 4.69) is 15.5 Å². The van der Waals surface area contributed by atoms with Gasteiger partial charge in [-0.3, -0.25) is 4.79 Å². The lowest BCUT2D eigenvalue weighted by Crippen LogP contribution is -2.35. The van der Waals surface area contributed by atoms with E-state index in [9.17, 15) is 9.90 Å². The van der Waals surface area contributed by atoms with Crippen molar-refractivity contribution in [1.82, 2.24) is 15.5 Å². The van der Waals surface area contributed by atoms with Crippen LogP contribution in [-0.2, 0) is 11.2 Å². The van der Waals surface area contributed by atoms with Crippen molar-refractivity contribution in [2.45, 2.75) is 25.4 Å². The summed E-state index contributed by atoms with van der Waals surface area (Å²) in [6, 6.07) is 12.6. The van der Waals surface area contributed by atoms with E-state index in [1.807, 2.05) is 24.3 Å². The number of ether oxygens (including phenoxy) is 4. The summed E-state index contributed by atoms with van der Waals surface area (Å²) in [5, 5.41) is 16.8. The van der Waals surface area contributed by atoms with E-state index in [1.54, 1.807) is 25.3 Å². The fourth-order valence-electron chi connectivity index (χ4n) is 3.13. The molecule has 0 spiro atoms. The fraction of sp³-hybridized carbons (Fsp3) is 0.375. The molecule has 34 heavy (non-hydrogen) atoms. The van der Waals surface area contributed by atoms with E-state index in [-0.39, 0.29) is 25.5 Å². The highest BCUT2D eigenvalue weighted by Crippen LogP contribution is 2.36. The molecular formula is C24H29N3O7. The van der Waals surface area contributed by atoms with Crippen LogP contribution in [-0.4, -0.2) is 61.7 Å². The molecule has 0 fully saturated rings. The predicted molar refractivity (Wildman–Crippen MR) is 123 cm³/mol. The summed E-state index contributed by atoms with van der Waals surface area (Å²) in [4.78, 5) is 16.5. The first-order valence-corrected chi connectivity index (χ1v) is 10.8. The first kappa shape index (κ1) is 24.8. The van der Waals surface area contributed by atoms with Gasteiger partial charge in [-0.1, -0.05) is 11.2 Å². The van der Waals surface area contributed by atoms with Crippen molar-refractivity contribution in [2.75, 3.05) is 34.5 Å². The Kier molecular flexibility index (Phi) is 9.10. The number of carbonyl (C=O) groups is 1. The van der Waals surface area contributed by atoms with Gasteiger partial charge in [0.1, 0.15) is 18.5 Å². The van der Waals surface area contributed by atoms with Crippen LogP contribution in [0.15, 0.2) is 47.0 Å². The van der Waals surface area contributed by atoms with Crippen molar-refractivity contribution < 1.29 is 33.4 Å². The number of amides is 1. The molecule has 10 heteroatoms. The average molecular weight is 472 g/mol. The molecule has 0 radical (unpaired) electrons. The van der Waals surface area contributed by atoms with Crippen molar-refractivity contribution in [3.05, 3.63) is 48.4 Å². The van der Waals surface area contributed by atoms with Gasteiger partial charge >= 0.3 is 0 Å². The predicted octanol–water partition coefficient (Wildman–Crippen LogP) is 2.64. The first-order valence-electron chi connectivity index (χ1n) is 10.8. The fourth-order valence-corrected chi connectivity index (χ4v) is 3.13. The SMILES string of the molecule is COc1ccc(-c2noc(CCCC(=O)NCC(O)COc3c(OC)cccc3OC)n2)cc1. The second-order valence-electron chi connectivity index (χ2n) is 7.35. The van der Waals surface area contributed by atoms with Crippen LogP contribution in [0.4, 0.5) is 0 Å². The summed E-state index contributed by atoms with van der Waals surface area (Å²) in [5.74, 6) is 2.87. The first-order chi connectivity index (χ1) is 16.5. The number of nitrogens with one attached hydrogen (secondary N) is 1. The van der Waals surface area contributed by atoms with E-state index in [1.165, 1.54) is 14.2 Å². The van der Waals surface area contributed by atoms with Crippen molar-refractivity contribution in [2.24, 2.45) is 0 Å². The van der Waals surface area contributed by atoms with Gasteiger partial charge in [-0.15, -0.1) is 0 Å². The molecular weight excluding hydrogens is 442 g/mol. The minimum absolute atomic E-state index is 0.0346. The summed E-state index contributed by atoms with van der Waals surface area (Å²) < 4.78 is 26.6. The minimum Gasteiger partial charge on any atom is -0.497 e. The summed E-state index contributed by atoms with van der Waals surface area (Å²) >= 11 is 0. The molecule has 182 valence electrons. The molecule has 0 saturated carbocycles. The van der Waals surface area contributed by atoms with Crippen LogP contribution in [0.5, 0.6) is 23.0 Å². The molecule has 1 amide bonds. The van der Waals surface area contributed by atoms with Gasteiger partial charge in [0.25, 0.3) is 0 Å². The number of hydrogen-bond donors (Lipinski definition) is 2. The van der Waals surface area contributed by atoms with Crippen LogP contribution in [0.25, 0.3) is 11.4 Å². The molecule has 2 aromatic carbocycles. The Morgan fingerprint density at radius 2 is 1.76 bits per heavy atom. The Morgan fingerprint density at radius 3 is 2.41 bits per heavy atom. The number of hydrogen-bond acceptors (Lipinski definition) is 9. The highest BCUT2D eigenvalue weighted by Gasteiger charge is 2.15. The Hall–Kier alpha value is -3.79. The van der Waals surface area contributed by atoms with Crippen molar-refractivity contribution >= 4 is 5.91 Å². The third kappa shape index (κ3) is 6.85. The highest BCUT2D eigenvalue weighted by molar-refractivity contribution is 5.75. The van der Waals surface area contributed by atoms with Gasteiger partial charge in [0, 0.05) is 24.9 Å². The summed E-state index contributed by atoms with van der Waals surface area (Å²) in [7, 11) is 4.64. The number of benzene rings is 2. The van der Waals surface area contributed by atoms with Crippen LogP contribution in [0.2, 0.25) is 0 Å². The molecule has 0 saturated heterocycles. The molecule has 0 aliphatic heterocycles. The van der Waals surface area contributed by atoms with Crippen LogP contribution in [0.1, 0.15) is 18.7 Å². The maximum atomic E-state index is 12.1. The Labute approximate surface area is 197 Å². The highest BCUT2D eigenvalue weighted by atomic mass is 16.5. The van der Waals surface area contributed by atoms with E-state index < -0.39 is 6.10 Å². The monoisotopic (exact) mass is 471 g/mol. The molecule has 0 aliphatic carbocycles. The molecule has 1 heterocycles. The molecule has 1 atom stereocenters. The lowest BCUT2D eigenvalue weighted by Gasteiger charge is -2.17. The summed E-state index contributed by atoms with van der Waals surface area (Å²) in [5.41, 5.74) is 0.815. The number of aromatic nitrogens is 2. The Morgan fingerprint density at radius 1 is 1.06 bits per heavy atom. The summed E-state index contributed by atoms with van der Waals surface area (Å²) in [6.45, 7) is 0.0195. The minimum atomic E-state index is -0.901. The molecule has 0 bridgehead atoms. The van der Waals surface area contributed by atoms with Crippen molar-refractivity contribution in [1.29, 1.82) is 0 Å². The maximum Gasteiger partial charge on any atom is 0.226 e. The van der Waals surface area contributed by atoms with E-state index in [0.717, 1.165) is 11.3 Å². The number of rotatable bonds is 13. The Balaban J connectivity index is 1.37. The molecule has 3 aromatic rings. The van der Waals surface area contributed by atoms with Crippen LogP contribution < -0.4 is 24.3 Å². The van der Waals surface area contributed by atoms with Gasteiger partial charge in [-0.25, -0.2) is 0 Å². The van der Waals surface area contributed by atoms with Crippen molar-refractivity contribution in [3.63, 3.8) is 0 Å². The van der Waals surface area contributed by atoms with Crippen molar-refractivity contribution in [3.8, 4) is 34.4 Å². The third-order valence-electron chi connectivity index (χ3n) is 4.95. The molecule has 10 nitrogen and oxygen atoms in total.